The molecule has 0 aliphatic heterocycles. The van der Waals surface area contributed by atoms with E-state index < -0.39 is 118 Å². The van der Waals surface area contributed by atoms with E-state index in [9.17, 15) is 8.42 Å². The molecule has 0 bridgehead atoms. The SMILES string of the molecule is [2H]c1nc([2H])c([2H])c(-c2nc(NS(=O)(=O)c3ccc(C([2H])([2H])[2H])cn3)c(Oc3c([2H])c([2H])c([2H])c([2H])c3OC)c(OC([2H])([2H])[2H])n2)c1[2H]. The van der Waals surface area contributed by atoms with Crippen LogP contribution >= 0.6 is 0 Å². The van der Waals surface area contributed by atoms with Crippen LogP contribution in [0.1, 0.15) is 24.8 Å². The van der Waals surface area contributed by atoms with Gasteiger partial charge in [-0.3, -0.25) is 9.71 Å². The van der Waals surface area contributed by atoms with Crippen molar-refractivity contribution >= 4 is 15.8 Å². The second-order valence-electron chi connectivity index (χ2n) is 6.05. The first-order chi connectivity index (χ1) is 22.1. The minimum Gasteiger partial charge on any atom is -0.493 e. The van der Waals surface area contributed by atoms with E-state index in [2.05, 4.69) is 19.9 Å². The highest BCUT2D eigenvalue weighted by molar-refractivity contribution is 7.92. The molecule has 3 heterocycles. The zero-order valence-corrected chi connectivity index (χ0v) is 17.8. The summed E-state index contributed by atoms with van der Waals surface area (Å²) in [5.74, 6) is -5.40. The molecule has 3 aromatic heterocycles. The van der Waals surface area contributed by atoms with E-state index >= 15 is 0 Å². The third-order valence-corrected chi connectivity index (χ3v) is 5.15. The zero-order valence-electron chi connectivity index (χ0n) is 31.0. The van der Waals surface area contributed by atoms with Crippen molar-refractivity contribution in [2.45, 2.75) is 11.9 Å². The van der Waals surface area contributed by atoms with Crippen molar-refractivity contribution < 1.29 is 41.8 Å². The molecule has 0 unspecified atom stereocenters. The molecular formula is C23H21N5O5S. The molecule has 0 spiro atoms. The van der Waals surface area contributed by atoms with Crippen LogP contribution < -0.4 is 18.9 Å². The molecular weight excluding hydrogens is 458 g/mol. The third-order valence-electron chi connectivity index (χ3n) is 3.90. The predicted octanol–water partition coefficient (Wildman–Crippen LogP) is 3.85. The minimum atomic E-state index is -4.91. The van der Waals surface area contributed by atoms with Crippen LogP contribution in [0, 0.1) is 6.85 Å². The van der Waals surface area contributed by atoms with Crippen LogP contribution in [-0.4, -0.2) is 42.5 Å². The molecule has 10 nitrogen and oxygen atoms in total. The molecule has 0 atom stereocenters. The van der Waals surface area contributed by atoms with Gasteiger partial charge in [0.15, 0.2) is 28.2 Å². The van der Waals surface area contributed by atoms with Crippen LogP contribution in [0.3, 0.4) is 0 Å². The maximum Gasteiger partial charge on any atom is 0.280 e. The highest BCUT2D eigenvalue weighted by atomic mass is 32.2. The lowest BCUT2D eigenvalue weighted by Crippen LogP contribution is -2.17. The fourth-order valence-electron chi connectivity index (χ4n) is 2.44. The molecule has 0 aliphatic rings. The topological polar surface area (TPSA) is 125 Å². The number of pyridine rings is 2. The number of rotatable bonds is 8. The molecule has 0 radical (unpaired) electrons. The summed E-state index contributed by atoms with van der Waals surface area (Å²) in [5.41, 5.74) is -0.990. The summed E-state index contributed by atoms with van der Waals surface area (Å²) in [4.78, 5) is 14.9. The maximum absolute atomic E-state index is 13.5. The van der Waals surface area contributed by atoms with Crippen molar-refractivity contribution in [3.63, 3.8) is 0 Å². The Labute approximate surface area is 216 Å². The van der Waals surface area contributed by atoms with Gasteiger partial charge in [0.1, 0.15) is 0 Å². The number of aryl methyl sites for hydroxylation is 1. The first-order valence-electron chi connectivity index (χ1n) is 15.9. The van der Waals surface area contributed by atoms with E-state index in [1.54, 1.807) is 0 Å². The van der Waals surface area contributed by atoms with Crippen LogP contribution in [-0.2, 0) is 10.0 Å². The molecule has 0 fully saturated rings. The standard InChI is InChI=1S/C23H21N5O5S/c1-15-8-9-19(25-14-15)34(29,30)28-22-20(33-18-7-5-4-6-17(18)31-2)23(32-3)27-21(26-22)16-10-12-24-13-11-16/h4-14H,1-3H3,(H,26,27,28)/i1D3,3D3,4D,5D,6D,7D,10D,11D,12D,13D. The molecule has 1 aromatic carbocycles. The van der Waals surface area contributed by atoms with E-state index in [1.807, 2.05) is 4.72 Å². The second-order valence-corrected chi connectivity index (χ2v) is 7.68. The number of sulfonamides is 1. The molecule has 0 saturated heterocycles. The molecule has 174 valence electrons. The van der Waals surface area contributed by atoms with Crippen molar-refractivity contribution in [1.82, 2.24) is 19.9 Å². The Hall–Kier alpha value is -4.25. The summed E-state index contributed by atoms with van der Waals surface area (Å²) in [5, 5.41) is -0.785. The number of methoxy groups -OCH3 is 2. The van der Waals surface area contributed by atoms with E-state index in [1.165, 1.54) is 0 Å². The van der Waals surface area contributed by atoms with Crippen molar-refractivity contribution in [3.05, 3.63) is 72.5 Å². The van der Waals surface area contributed by atoms with Crippen LogP contribution in [0.4, 0.5) is 5.82 Å². The molecule has 1 N–H and O–H groups in total. The quantitative estimate of drug-likeness (QED) is 0.389. The lowest BCUT2D eigenvalue weighted by atomic mass is 10.2. The number of nitrogens with zero attached hydrogens (tertiary/aromatic N) is 4. The maximum atomic E-state index is 13.5. The van der Waals surface area contributed by atoms with Crippen LogP contribution in [0.5, 0.6) is 23.1 Å². The van der Waals surface area contributed by atoms with Crippen LogP contribution in [0.15, 0.2) is 72.0 Å². The number of anilines is 1. The van der Waals surface area contributed by atoms with Crippen molar-refractivity contribution in [2.24, 2.45) is 0 Å². The van der Waals surface area contributed by atoms with Gasteiger partial charge in [-0.1, -0.05) is 18.2 Å². The summed E-state index contributed by atoms with van der Waals surface area (Å²) in [6.45, 7) is -2.64. The van der Waals surface area contributed by atoms with Gasteiger partial charge in [0, 0.05) is 28.2 Å². The summed E-state index contributed by atoms with van der Waals surface area (Å²) in [6.07, 6.45) is -0.877. The van der Waals surface area contributed by atoms with Crippen LogP contribution in [0.2, 0.25) is 0 Å². The fraction of sp³-hybridized carbons (Fsp3) is 0.130. The highest BCUT2D eigenvalue weighted by Gasteiger charge is 2.25. The normalized spacial score (nSPS) is 17.7. The number of nitrogens with one attached hydrogen (secondary N) is 1. The number of benzene rings is 1. The van der Waals surface area contributed by atoms with E-state index in [0.29, 0.717) is 0 Å². The van der Waals surface area contributed by atoms with Crippen LogP contribution in [0.25, 0.3) is 11.4 Å². The van der Waals surface area contributed by atoms with Crippen molar-refractivity contribution in [2.75, 3.05) is 18.9 Å². The molecule has 0 aliphatic carbocycles. The van der Waals surface area contributed by atoms with E-state index in [-0.39, 0.29) is 5.56 Å². The Kier molecular flexibility index (Phi) is 3.21. The largest absolute Gasteiger partial charge is 0.493 e. The van der Waals surface area contributed by atoms with E-state index in [4.69, 9.17) is 33.4 Å². The Morgan fingerprint density at radius 2 is 1.82 bits per heavy atom. The third kappa shape index (κ3) is 4.89. The number of ether oxygens (including phenoxy) is 3. The lowest BCUT2D eigenvalue weighted by Gasteiger charge is -2.17. The average Bonchev–Trinajstić information content (AvgIpc) is 2.98. The van der Waals surface area contributed by atoms with Gasteiger partial charge in [-0.05, 0) is 42.7 Å². The average molecular weight is 494 g/mol. The molecule has 0 amide bonds. The van der Waals surface area contributed by atoms with Crippen molar-refractivity contribution in [3.8, 4) is 34.5 Å². The van der Waals surface area contributed by atoms with Gasteiger partial charge >= 0.3 is 0 Å². The Bertz CT molecular complexity index is 2000. The summed E-state index contributed by atoms with van der Waals surface area (Å²) >= 11 is 0. The number of aromatic nitrogens is 4. The molecule has 11 heteroatoms. The van der Waals surface area contributed by atoms with Gasteiger partial charge < -0.3 is 14.2 Å². The summed E-state index contributed by atoms with van der Waals surface area (Å²) < 4.78 is 155. The highest BCUT2D eigenvalue weighted by Crippen LogP contribution is 2.41. The summed E-state index contributed by atoms with van der Waals surface area (Å²) in [6, 6.07) is -3.07. The molecule has 34 heavy (non-hydrogen) atoms. The second kappa shape index (κ2) is 9.71. The smallest absolute Gasteiger partial charge is 0.280 e. The number of hydrogen-bond acceptors (Lipinski definition) is 9. The Balaban J connectivity index is 2.07. The van der Waals surface area contributed by atoms with Gasteiger partial charge in [0.2, 0.25) is 5.75 Å². The molecule has 0 saturated carbocycles. The monoisotopic (exact) mass is 493 g/mol. The van der Waals surface area contributed by atoms with Gasteiger partial charge in [0.05, 0.1) is 29.2 Å². The Morgan fingerprint density at radius 3 is 2.50 bits per heavy atom. The van der Waals surface area contributed by atoms with Gasteiger partial charge in [-0.15, -0.1) is 0 Å². The predicted molar refractivity (Wildman–Crippen MR) is 125 cm³/mol. The first-order valence-corrected chi connectivity index (χ1v) is 10.4. The molecule has 4 aromatic rings. The van der Waals surface area contributed by atoms with Gasteiger partial charge in [-0.2, -0.15) is 13.4 Å². The zero-order chi connectivity index (χ0) is 36.1. The number of hydrogen-bond donors (Lipinski definition) is 1. The van der Waals surface area contributed by atoms with E-state index in [0.717, 1.165) is 25.4 Å². The van der Waals surface area contributed by atoms with Gasteiger partial charge in [0.25, 0.3) is 15.9 Å². The summed E-state index contributed by atoms with van der Waals surface area (Å²) in [7, 11) is -7.25. The number of para-hydroxylation sites is 2. The Morgan fingerprint density at radius 1 is 1.03 bits per heavy atom. The molecule has 4 rings (SSSR count). The van der Waals surface area contributed by atoms with Gasteiger partial charge in [-0.25, -0.2) is 9.97 Å². The minimum absolute atomic E-state index is 0.311. The first kappa shape index (κ1) is 11.3. The lowest BCUT2D eigenvalue weighted by molar-refractivity contribution is 0.348. The fourth-order valence-corrected chi connectivity index (χ4v) is 3.37. The van der Waals surface area contributed by atoms with Crippen molar-refractivity contribution in [1.29, 1.82) is 0 Å².